The molecule has 2 aliphatic rings. The van der Waals surface area contributed by atoms with E-state index in [1.54, 1.807) is 4.90 Å². The number of carbonyl (C=O) groups is 2. The van der Waals surface area contributed by atoms with Crippen molar-refractivity contribution in [1.29, 1.82) is 0 Å². The number of ether oxygens (including phenoxy) is 2. The first kappa shape index (κ1) is 34.9. The lowest BCUT2D eigenvalue weighted by Gasteiger charge is -2.52. The van der Waals surface area contributed by atoms with Gasteiger partial charge in [0.25, 0.3) is 0 Å². The van der Waals surface area contributed by atoms with Crippen LogP contribution < -0.4 is 0 Å². The molecule has 2 saturated carbocycles. The summed E-state index contributed by atoms with van der Waals surface area (Å²) in [7, 11) is 1.84. The predicted octanol–water partition coefficient (Wildman–Crippen LogP) is 10.6. The molecule has 5 nitrogen and oxygen atoms in total. The number of nitrogens with zero attached hydrogens (tertiary/aromatic N) is 1. The second kappa shape index (κ2) is 19.0. The van der Waals surface area contributed by atoms with Crippen LogP contribution in [-0.4, -0.2) is 36.3 Å². The van der Waals surface area contributed by atoms with Crippen molar-refractivity contribution >= 4 is 12.1 Å². The van der Waals surface area contributed by atoms with Gasteiger partial charge in [-0.2, -0.15) is 0 Å². The maximum Gasteiger partial charge on any atom is 0.412 e. The second-order valence-electron chi connectivity index (χ2n) is 13.8. The van der Waals surface area contributed by atoms with Gasteiger partial charge < -0.3 is 14.4 Å². The molecule has 0 N–H and O–H groups in total. The monoisotopic (exact) mass is 563 g/mol. The molecule has 3 unspecified atom stereocenters. The topological polar surface area (TPSA) is 55.8 Å². The smallest absolute Gasteiger partial charge is 0.412 e. The lowest BCUT2D eigenvalue weighted by Crippen LogP contribution is -2.59. The van der Waals surface area contributed by atoms with Crippen molar-refractivity contribution in [2.75, 3.05) is 13.8 Å². The average molecular weight is 564 g/mol. The van der Waals surface area contributed by atoms with Gasteiger partial charge in [0.1, 0.15) is 0 Å². The molecule has 2 aliphatic carbocycles. The van der Waals surface area contributed by atoms with Crippen LogP contribution in [0, 0.1) is 17.3 Å². The van der Waals surface area contributed by atoms with Crippen LogP contribution in [0.25, 0.3) is 0 Å². The van der Waals surface area contributed by atoms with Gasteiger partial charge in [0.15, 0.2) is 0 Å². The number of fused-ring (bicyclic) bond motifs is 2. The lowest BCUT2D eigenvalue weighted by atomic mass is 9.63. The van der Waals surface area contributed by atoms with Crippen molar-refractivity contribution in [2.45, 2.75) is 181 Å². The van der Waals surface area contributed by atoms with Gasteiger partial charge in [-0.25, -0.2) is 4.79 Å². The molecule has 0 aromatic heterocycles. The van der Waals surface area contributed by atoms with E-state index in [1.807, 2.05) is 7.05 Å². The van der Waals surface area contributed by atoms with Crippen LogP contribution in [0.1, 0.15) is 175 Å². The molecule has 0 spiro atoms. The average Bonchev–Trinajstić information content (AvgIpc) is 3.50. The van der Waals surface area contributed by atoms with Gasteiger partial charge >= 0.3 is 12.1 Å². The fraction of sp³-hybridized carbons (Fsp3) is 0.943. The Morgan fingerprint density at radius 3 is 1.50 bits per heavy atom. The van der Waals surface area contributed by atoms with Gasteiger partial charge in [-0.3, -0.25) is 4.79 Å². The Morgan fingerprint density at radius 2 is 1.07 bits per heavy atom. The Balaban J connectivity index is 1.35. The van der Waals surface area contributed by atoms with Crippen molar-refractivity contribution in [3.8, 4) is 0 Å². The number of rotatable bonds is 23. The summed E-state index contributed by atoms with van der Waals surface area (Å²) in [5.74, 6) is 0.908. The van der Waals surface area contributed by atoms with Gasteiger partial charge in [-0.05, 0) is 49.9 Å². The van der Waals surface area contributed by atoms with Crippen molar-refractivity contribution in [3.63, 3.8) is 0 Å². The van der Waals surface area contributed by atoms with Crippen molar-refractivity contribution in [3.05, 3.63) is 0 Å². The maximum absolute atomic E-state index is 12.7. The van der Waals surface area contributed by atoms with E-state index in [2.05, 4.69) is 27.7 Å². The molecule has 2 rings (SSSR count). The first-order valence-electron chi connectivity index (χ1n) is 17.3. The van der Waals surface area contributed by atoms with Crippen LogP contribution in [0.15, 0.2) is 0 Å². The molecular weight excluding hydrogens is 498 g/mol. The Kier molecular flexibility index (Phi) is 16.6. The summed E-state index contributed by atoms with van der Waals surface area (Å²) >= 11 is 0. The van der Waals surface area contributed by atoms with Crippen LogP contribution in [-0.2, 0) is 14.3 Å². The molecule has 0 radical (unpaired) electrons. The van der Waals surface area contributed by atoms with Crippen LogP contribution in [0.3, 0.4) is 0 Å². The molecule has 0 aliphatic heterocycles. The summed E-state index contributed by atoms with van der Waals surface area (Å²) in [6, 6.07) is 0. The number of unbranched alkanes of at least 4 members (excludes halogenated alkanes) is 18. The standard InChI is InChI=1S/C35H65NO4/c1-6-7-8-9-10-11-12-13-14-15-16-17-18-19-20-21-22-23-24-25-32(37)39-29-40-33(38)36(5)35(4)31-27-26-30(28-31)34(35,2)3/h30-31H,6-29H2,1-5H3. The zero-order valence-electron chi connectivity index (χ0n) is 27.2. The van der Waals surface area contributed by atoms with E-state index in [1.165, 1.54) is 128 Å². The number of hydrogen-bond donors (Lipinski definition) is 0. The fourth-order valence-corrected chi connectivity index (χ4v) is 7.64. The summed E-state index contributed by atoms with van der Waals surface area (Å²) in [5, 5.41) is 0. The van der Waals surface area contributed by atoms with Crippen LogP contribution in [0.2, 0.25) is 0 Å². The molecular formula is C35H65NO4. The maximum atomic E-state index is 12.7. The molecule has 0 saturated heterocycles. The first-order chi connectivity index (χ1) is 19.2. The van der Waals surface area contributed by atoms with Gasteiger partial charge in [0.05, 0.1) is 5.54 Å². The summed E-state index contributed by atoms with van der Waals surface area (Å²) in [4.78, 5) is 26.6. The van der Waals surface area contributed by atoms with Crippen LogP contribution in [0.4, 0.5) is 4.79 Å². The number of carbonyl (C=O) groups excluding carboxylic acids is 2. The molecule has 0 aromatic carbocycles. The van der Waals surface area contributed by atoms with E-state index in [0.717, 1.165) is 12.8 Å². The quantitative estimate of drug-likeness (QED) is 0.0705. The van der Waals surface area contributed by atoms with E-state index in [4.69, 9.17) is 9.47 Å². The van der Waals surface area contributed by atoms with Crippen molar-refractivity contribution < 1.29 is 19.1 Å². The Hall–Kier alpha value is -1.26. The minimum Gasteiger partial charge on any atom is -0.428 e. The van der Waals surface area contributed by atoms with E-state index >= 15 is 0 Å². The molecule has 40 heavy (non-hydrogen) atoms. The Morgan fingerprint density at radius 1 is 0.650 bits per heavy atom. The molecule has 5 heteroatoms. The van der Waals surface area contributed by atoms with Gasteiger partial charge in [-0.15, -0.1) is 0 Å². The number of amides is 1. The molecule has 2 fully saturated rings. The zero-order valence-corrected chi connectivity index (χ0v) is 27.2. The minimum absolute atomic E-state index is 0.0623. The van der Waals surface area contributed by atoms with E-state index in [0.29, 0.717) is 18.3 Å². The van der Waals surface area contributed by atoms with Crippen LogP contribution in [0.5, 0.6) is 0 Å². The van der Waals surface area contributed by atoms with Gasteiger partial charge in [-0.1, -0.05) is 136 Å². The van der Waals surface area contributed by atoms with E-state index in [9.17, 15) is 9.59 Å². The zero-order chi connectivity index (χ0) is 29.3. The van der Waals surface area contributed by atoms with Crippen molar-refractivity contribution in [1.82, 2.24) is 4.90 Å². The predicted molar refractivity (Wildman–Crippen MR) is 166 cm³/mol. The summed E-state index contributed by atoms with van der Waals surface area (Å²) in [5.41, 5.74) is -0.156. The molecule has 234 valence electrons. The Labute approximate surface area is 247 Å². The summed E-state index contributed by atoms with van der Waals surface area (Å²) in [6.07, 6.45) is 29.0. The third-order valence-corrected chi connectivity index (χ3v) is 10.9. The molecule has 3 atom stereocenters. The molecule has 0 heterocycles. The normalized spacial score (nSPS) is 22.9. The molecule has 1 amide bonds. The van der Waals surface area contributed by atoms with Crippen LogP contribution >= 0.6 is 0 Å². The highest BCUT2D eigenvalue weighted by Crippen LogP contribution is 2.63. The molecule has 2 bridgehead atoms. The minimum atomic E-state index is -0.389. The fourth-order valence-electron chi connectivity index (χ4n) is 7.64. The highest BCUT2D eigenvalue weighted by Gasteiger charge is 2.63. The van der Waals surface area contributed by atoms with Crippen molar-refractivity contribution in [2.24, 2.45) is 17.3 Å². The number of hydrogen-bond acceptors (Lipinski definition) is 4. The summed E-state index contributed by atoms with van der Waals surface area (Å²) < 4.78 is 10.5. The van der Waals surface area contributed by atoms with E-state index in [-0.39, 0.29) is 29.8 Å². The first-order valence-corrected chi connectivity index (χ1v) is 17.3. The number of esters is 1. The SMILES string of the molecule is CCCCCCCCCCCCCCCCCCCCCC(=O)OCOC(=O)N(C)C1(C)C2CCC(C2)C1(C)C. The van der Waals surface area contributed by atoms with E-state index < -0.39 is 0 Å². The highest BCUT2D eigenvalue weighted by atomic mass is 16.7. The summed E-state index contributed by atoms with van der Waals surface area (Å²) in [6.45, 7) is 8.75. The third kappa shape index (κ3) is 10.9. The molecule has 0 aromatic rings. The van der Waals surface area contributed by atoms with Gasteiger partial charge in [0, 0.05) is 13.5 Å². The third-order valence-electron chi connectivity index (χ3n) is 10.9. The Bertz CT molecular complexity index is 708. The largest absolute Gasteiger partial charge is 0.428 e. The lowest BCUT2D eigenvalue weighted by molar-refractivity contribution is -0.153. The van der Waals surface area contributed by atoms with Gasteiger partial charge in [0.2, 0.25) is 6.79 Å². The highest BCUT2D eigenvalue weighted by molar-refractivity contribution is 5.70. The second-order valence-corrected chi connectivity index (χ2v) is 13.8.